The third kappa shape index (κ3) is 4.08. The van der Waals surface area contributed by atoms with Crippen molar-refractivity contribution in [3.8, 4) is 17.2 Å². The van der Waals surface area contributed by atoms with Gasteiger partial charge in [0, 0.05) is 11.3 Å². The lowest BCUT2D eigenvalue weighted by molar-refractivity contribution is -0.122. The molecule has 9 heteroatoms. The van der Waals surface area contributed by atoms with Crippen LogP contribution in [0.25, 0.3) is 0 Å². The van der Waals surface area contributed by atoms with Gasteiger partial charge in [0.1, 0.15) is 5.75 Å². The maximum Gasteiger partial charge on any atom is 0.387 e. The van der Waals surface area contributed by atoms with Crippen molar-refractivity contribution in [2.45, 2.75) is 19.6 Å². The van der Waals surface area contributed by atoms with Crippen molar-refractivity contribution < 1.29 is 32.6 Å². The molecule has 2 amide bonds. The van der Waals surface area contributed by atoms with E-state index in [-0.39, 0.29) is 23.0 Å². The normalized spacial score (nSPS) is 15.4. The van der Waals surface area contributed by atoms with Crippen LogP contribution in [0.1, 0.15) is 17.3 Å². The molecular formula is C18H16F2N2O5. The molecule has 0 aromatic heterocycles. The van der Waals surface area contributed by atoms with E-state index in [1.165, 1.54) is 25.3 Å². The summed E-state index contributed by atoms with van der Waals surface area (Å²) in [6, 6.07) is 8.65. The minimum atomic E-state index is -3.01. The Hall–Kier alpha value is -3.36. The lowest BCUT2D eigenvalue weighted by atomic mass is 10.1. The predicted molar refractivity (Wildman–Crippen MR) is 92.7 cm³/mol. The fraction of sp³-hybridized carbons (Fsp3) is 0.222. The largest absolute Gasteiger partial charge is 0.493 e. The standard InChI is InChI=1S/C18H16F2N2O5/c1-9-16(23)22-12-8-11(4-6-13(12)26-9)21-17(24)10-3-5-14(27-18(19)20)15(7-10)25-2/h3-9,18H,1-2H3,(H,21,24)(H,22,23)/t9-/m0/s1. The summed E-state index contributed by atoms with van der Waals surface area (Å²) in [6.45, 7) is -1.38. The third-order valence-electron chi connectivity index (χ3n) is 3.81. The van der Waals surface area contributed by atoms with E-state index in [9.17, 15) is 18.4 Å². The SMILES string of the molecule is COc1cc(C(=O)Nc2ccc3c(c2)NC(=O)[C@H](C)O3)ccc1OC(F)F. The van der Waals surface area contributed by atoms with Gasteiger partial charge < -0.3 is 24.8 Å². The highest BCUT2D eigenvalue weighted by atomic mass is 19.3. The molecule has 7 nitrogen and oxygen atoms in total. The zero-order chi connectivity index (χ0) is 19.6. The average Bonchev–Trinajstić information content (AvgIpc) is 2.62. The Bertz CT molecular complexity index is 888. The number of fused-ring (bicyclic) bond motifs is 1. The van der Waals surface area contributed by atoms with Crippen LogP contribution in [-0.2, 0) is 4.79 Å². The molecule has 0 saturated heterocycles. The number of carbonyl (C=O) groups is 2. The van der Waals surface area contributed by atoms with E-state index in [2.05, 4.69) is 15.4 Å². The Morgan fingerprint density at radius 2 is 2.00 bits per heavy atom. The van der Waals surface area contributed by atoms with Crippen LogP contribution in [0.2, 0.25) is 0 Å². The van der Waals surface area contributed by atoms with E-state index >= 15 is 0 Å². The summed E-state index contributed by atoms with van der Waals surface area (Å²) in [5.74, 6) is -0.455. The maximum absolute atomic E-state index is 12.4. The van der Waals surface area contributed by atoms with E-state index in [1.807, 2.05) is 0 Å². The smallest absolute Gasteiger partial charge is 0.387 e. The third-order valence-corrected chi connectivity index (χ3v) is 3.81. The molecule has 3 rings (SSSR count). The molecule has 0 bridgehead atoms. The van der Waals surface area contributed by atoms with Gasteiger partial charge in [-0.3, -0.25) is 9.59 Å². The van der Waals surface area contributed by atoms with Crippen molar-refractivity contribution in [1.82, 2.24) is 0 Å². The van der Waals surface area contributed by atoms with Crippen molar-refractivity contribution in [3.05, 3.63) is 42.0 Å². The van der Waals surface area contributed by atoms with Gasteiger partial charge >= 0.3 is 6.61 Å². The number of amides is 2. The molecule has 1 atom stereocenters. The molecule has 0 aliphatic carbocycles. The second-order valence-corrected chi connectivity index (χ2v) is 5.66. The zero-order valence-corrected chi connectivity index (χ0v) is 14.4. The van der Waals surface area contributed by atoms with Gasteiger partial charge in [-0.05, 0) is 43.3 Å². The molecule has 1 aliphatic heterocycles. The van der Waals surface area contributed by atoms with Crippen LogP contribution in [-0.4, -0.2) is 31.6 Å². The van der Waals surface area contributed by atoms with Gasteiger partial charge in [0.05, 0.1) is 12.8 Å². The molecule has 2 aromatic rings. The first-order chi connectivity index (χ1) is 12.9. The number of rotatable bonds is 5. The van der Waals surface area contributed by atoms with Crippen LogP contribution in [0, 0.1) is 0 Å². The Morgan fingerprint density at radius 3 is 2.70 bits per heavy atom. The topological polar surface area (TPSA) is 85.9 Å². The lowest BCUT2D eigenvalue weighted by Gasteiger charge is -2.23. The summed E-state index contributed by atoms with van der Waals surface area (Å²) in [4.78, 5) is 24.1. The molecule has 2 N–H and O–H groups in total. The molecule has 0 spiro atoms. The van der Waals surface area contributed by atoms with Gasteiger partial charge in [0.2, 0.25) is 0 Å². The second kappa shape index (κ2) is 7.48. The summed E-state index contributed by atoms with van der Waals surface area (Å²) in [5, 5.41) is 5.34. The maximum atomic E-state index is 12.4. The van der Waals surface area contributed by atoms with Gasteiger partial charge in [-0.1, -0.05) is 0 Å². The first-order valence-electron chi connectivity index (χ1n) is 7.93. The molecule has 27 heavy (non-hydrogen) atoms. The number of halogens is 2. The van der Waals surface area contributed by atoms with E-state index in [1.54, 1.807) is 25.1 Å². The van der Waals surface area contributed by atoms with E-state index in [0.717, 1.165) is 0 Å². The van der Waals surface area contributed by atoms with Gasteiger partial charge in [0.15, 0.2) is 17.6 Å². The number of hydrogen-bond acceptors (Lipinski definition) is 5. The van der Waals surface area contributed by atoms with Crippen LogP contribution in [0.5, 0.6) is 17.2 Å². The molecule has 0 fully saturated rings. The fourth-order valence-corrected chi connectivity index (χ4v) is 2.49. The highest BCUT2D eigenvalue weighted by Gasteiger charge is 2.24. The highest BCUT2D eigenvalue weighted by Crippen LogP contribution is 2.33. The molecular weight excluding hydrogens is 362 g/mol. The Morgan fingerprint density at radius 1 is 1.22 bits per heavy atom. The van der Waals surface area contributed by atoms with Gasteiger partial charge in [-0.15, -0.1) is 0 Å². The molecule has 0 radical (unpaired) electrons. The number of nitrogens with one attached hydrogen (secondary N) is 2. The number of methoxy groups -OCH3 is 1. The monoisotopic (exact) mass is 378 g/mol. The summed E-state index contributed by atoms with van der Waals surface area (Å²) in [6.07, 6.45) is -0.598. The Balaban J connectivity index is 1.78. The second-order valence-electron chi connectivity index (χ2n) is 5.66. The van der Waals surface area contributed by atoms with Crippen molar-refractivity contribution in [3.63, 3.8) is 0 Å². The van der Waals surface area contributed by atoms with Crippen LogP contribution < -0.4 is 24.8 Å². The number of ether oxygens (including phenoxy) is 3. The fourth-order valence-electron chi connectivity index (χ4n) is 2.49. The molecule has 142 valence electrons. The molecule has 0 unspecified atom stereocenters. The van der Waals surface area contributed by atoms with E-state index in [0.29, 0.717) is 17.1 Å². The number of benzene rings is 2. The van der Waals surface area contributed by atoms with Crippen molar-refractivity contribution in [2.75, 3.05) is 17.7 Å². The molecule has 1 aliphatic rings. The summed E-state index contributed by atoms with van der Waals surface area (Å²) < 4.78 is 39.5. The van der Waals surface area contributed by atoms with E-state index < -0.39 is 18.6 Å². The molecule has 0 saturated carbocycles. The number of hydrogen-bond donors (Lipinski definition) is 2. The van der Waals surface area contributed by atoms with Gasteiger partial charge in [-0.25, -0.2) is 0 Å². The Kier molecular flexibility index (Phi) is 5.11. The molecule has 1 heterocycles. The van der Waals surface area contributed by atoms with Gasteiger partial charge in [-0.2, -0.15) is 8.78 Å². The van der Waals surface area contributed by atoms with Crippen molar-refractivity contribution in [2.24, 2.45) is 0 Å². The van der Waals surface area contributed by atoms with Crippen molar-refractivity contribution in [1.29, 1.82) is 0 Å². The highest BCUT2D eigenvalue weighted by molar-refractivity contribution is 6.05. The quantitative estimate of drug-likeness (QED) is 0.834. The zero-order valence-electron chi connectivity index (χ0n) is 14.4. The first-order valence-corrected chi connectivity index (χ1v) is 7.93. The van der Waals surface area contributed by atoms with Gasteiger partial charge in [0.25, 0.3) is 11.8 Å². The van der Waals surface area contributed by atoms with Crippen LogP contribution >= 0.6 is 0 Å². The van der Waals surface area contributed by atoms with Crippen LogP contribution in [0.3, 0.4) is 0 Å². The summed E-state index contributed by atoms with van der Waals surface area (Å²) in [7, 11) is 1.28. The number of carbonyl (C=O) groups excluding carboxylic acids is 2. The predicted octanol–water partition coefficient (Wildman–Crippen LogP) is 3.27. The summed E-state index contributed by atoms with van der Waals surface area (Å²) >= 11 is 0. The first kappa shape index (κ1) is 18.4. The minimum Gasteiger partial charge on any atom is -0.493 e. The Labute approximate surface area is 153 Å². The number of anilines is 2. The summed E-state index contributed by atoms with van der Waals surface area (Å²) in [5.41, 5.74) is 1.04. The average molecular weight is 378 g/mol. The van der Waals surface area contributed by atoms with E-state index in [4.69, 9.17) is 9.47 Å². The van der Waals surface area contributed by atoms with Crippen LogP contribution in [0.4, 0.5) is 20.2 Å². The van der Waals surface area contributed by atoms with Crippen molar-refractivity contribution >= 4 is 23.2 Å². The number of alkyl halides is 2. The lowest BCUT2D eigenvalue weighted by Crippen LogP contribution is -2.34. The van der Waals surface area contributed by atoms with Crippen LogP contribution in [0.15, 0.2) is 36.4 Å². The molecule has 2 aromatic carbocycles. The minimum absolute atomic E-state index is 0.00282.